The summed E-state index contributed by atoms with van der Waals surface area (Å²) in [5, 5.41) is 7.88. The summed E-state index contributed by atoms with van der Waals surface area (Å²) >= 11 is 0. The van der Waals surface area contributed by atoms with Crippen molar-refractivity contribution in [2.24, 2.45) is 0 Å². The van der Waals surface area contributed by atoms with E-state index in [1.807, 2.05) is 67.7 Å². The third kappa shape index (κ3) is 3.01. The number of aromatic nitrogens is 3. The highest BCUT2D eigenvalue weighted by Gasteiger charge is 2.18. The number of amides is 1. The van der Waals surface area contributed by atoms with E-state index in [-0.39, 0.29) is 11.9 Å². The molecule has 2 N–H and O–H groups in total. The fourth-order valence-corrected chi connectivity index (χ4v) is 2.70. The minimum atomic E-state index is -0.393. The van der Waals surface area contributed by atoms with Gasteiger partial charge in [-0.3, -0.25) is 4.79 Å². The van der Waals surface area contributed by atoms with Crippen LogP contribution in [0, 0.1) is 0 Å². The van der Waals surface area contributed by atoms with Crippen LogP contribution in [0.3, 0.4) is 0 Å². The van der Waals surface area contributed by atoms with Crippen LogP contribution in [0.15, 0.2) is 65.3 Å². The largest absolute Gasteiger partial charge is 0.361 e. The molecule has 0 bridgehead atoms. The summed E-state index contributed by atoms with van der Waals surface area (Å²) in [6.45, 7) is 1.91. The summed E-state index contributed by atoms with van der Waals surface area (Å²) < 4.78 is 5.13. The Morgan fingerprint density at radius 3 is 2.84 bits per heavy atom. The van der Waals surface area contributed by atoms with E-state index in [2.05, 4.69) is 20.4 Å². The topological polar surface area (TPSA) is 83.8 Å². The molecule has 25 heavy (non-hydrogen) atoms. The summed E-state index contributed by atoms with van der Waals surface area (Å²) in [6, 6.07) is 17.3. The van der Waals surface area contributed by atoms with Gasteiger partial charge in [-0.25, -0.2) is 0 Å². The first-order valence-electron chi connectivity index (χ1n) is 7.98. The number of rotatable bonds is 4. The monoisotopic (exact) mass is 332 g/mol. The molecule has 0 aliphatic heterocycles. The van der Waals surface area contributed by atoms with Crippen LogP contribution < -0.4 is 5.32 Å². The quantitative estimate of drug-likeness (QED) is 0.597. The molecule has 6 heteroatoms. The number of carbonyl (C=O) groups excluding carboxylic acids is 1. The standard InChI is InChI=1S/C19H16N4O2/c1-12(13-5-3-2-4-6-13)21-18(24)19-22-17(23-25-19)15-8-7-14-9-10-20-16(14)11-15/h2-12,20H,1H3,(H,21,24). The van der Waals surface area contributed by atoms with Gasteiger partial charge < -0.3 is 14.8 Å². The van der Waals surface area contributed by atoms with Crippen molar-refractivity contribution in [1.29, 1.82) is 0 Å². The molecule has 124 valence electrons. The van der Waals surface area contributed by atoms with E-state index in [0.717, 1.165) is 22.0 Å². The molecule has 0 saturated heterocycles. The number of hydrogen-bond acceptors (Lipinski definition) is 4. The van der Waals surface area contributed by atoms with Gasteiger partial charge in [0.15, 0.2) is 0 Å². The summed E-state index contributed by atoms with van der Waals surface area (Å²) in [4.78, 5) is 19.7. The Balaban J connectivity index is 1.53. The fourth-order valence-electron chi connectivity index (χ4n) is 2.70. The number of nitrogens with one attached hydrogen (secondary N) is 2. The van der Waals surface area contributed by atoms with E-state index >= 15 is 0 Å². The Morgan fingerprint density at radius 1 is 1.16 bits per heavy atom. The predicted molar refractivity (Wildman–Crippen MR) is 93.9 cm³/mol. The third-order valence-corrected chi connectivity index (χ3v) is 4.08. The van der Waals surface area contributed by atoms with Gasteiger partial charge in [0.1, 0.15) is 0 Å². The Morgan fingerprint density at radius 2 is 2.00 bits per heavy atom. The second-order valence-electron chi connectivity index (χ2n) is 5.81. The normalized spacial score (nSPS) is 12.2. The molecule has 0 radical (unpaired) electrons. The van der Waals surface area contributed by atoms with E-state index in [4.69, 9.17) is 4.52 Å². The van der Waals surface area contributed by atoms with Gasteiger partial charge >= 0.3 is 11.8 Å². The van der Waals surface area contributed by atoms with Gasteiger partial charge in [0.05, 0.1) is 6.04 Å². The van der Waals surface area contributed by atoms with Crippen LogP contribution in [-0.4, -0.2) is 21.0 Å². The van der Waals surface area contributed by atoms with Crippen LogP contribution >= 0.6 is 0 Å². The van der Waals surface area contributed by atoms with Gasteiger partial charge in [0.25, 0.3) is 0 Å². The molecule has 4 rings (SSSR count). The van der Waals surface area contributed by atoms with Gasteiger partial charge in [0, 0.05) is 17.3 Å². The van der Waals surface area contributed by atoms with Crippen LogP contribution in [-0.2, 0) is 0 Å². The maximum absolute atomic E-state index is 12.3. The lowest BCUT2D eigenvalue weighted by Crippen LogP contribution is -2.26. The zero-order chi connectivity index (χ0) is 17.2. The Kier molecular flexibility index (Phi) is 3.78. The van der Waals surface area contributed by atoms with Crippen molar-refractivity contribution in [3.8, 4) is 11.4 Å². The molecule has 4 aromatic rings. The van der Waals surface area contributed by atoms with Crippen LogP contribution in [0.25, 0.3) is 22.3 Å². The van der Waals surface area contributed by atoms with E-state index in [0.29, 0.717) is 5.82 Å². The average molecular weight is 332 g/mol. The smallest absolute Gasteiger partial charge is 0.316 e. The van der Waals surface area contributed by atoms with Gasteiger partial charge in [-0.05, 0) is 30.0 Å². The molecular formula is C19H16N4O2. The molecule has 2 aromatic heterocycles. The van der Waals surface area contributed by atoms with Gasteiger partial charge in [-0.15, -0.1) is 0 Å². The van der Waals surface area contributed by atoms with Crippen molar-refractivity contribution in [2.75, 3.05) is 0 Å². The van der Waals surface area contributed by atoms with Gasteiger partial charge in [-0.1, -0.05) is 47.6 Å². The summed E-state index contributed by atoms with van der Waals surface area (Å²) in [6.07, 6.45) is 1.87. The molecule has 1 atom stereocenters. The maximum atomic E-state index is 12.3. The number of benzene rings is 2. The molecule has 0 saturated carbocycles. The van der Waals surface area contributed by atoms with Crippen molar-refractivity contribution in [3.05, 3.63) is 72.2 Å². The molecule has 1 amide bonds. The third-order valence-electron chi connectivity index (χ3n) is 4.08. The van der Waals surface area contributed by atoms with Crippen LogP contribution in [0.1, 0.15) is 29.2 Å². The molecule has 1 unspecified atom stereocenters. The molecule has 2 heterocycles. The second-order valence-corrected chi connectivity index (χ2v) is 5.81. The van der Waals surface area contributed by atoms with E-state index < -0.39 is 5.91 Å². The van der Waals surface area contributed by atoms with Crippen molar-refractivity contribution in [2.45, 2.75) is 13.0 Å². The summed E-state index contributed by atoms with van der Waals surface area (Å²) in [5.41, 5.74) is 2.77. The highest BCUT2D eigenvalue weighted by Crippen LogP contribution is 2.21. The predicted octanol–water partition coefficient (Wildman–Crippen LogP) is 3.71. The van der Waals surface area contributed by atoms with Crippen LogP contribution in [0.2, 0.25) is 0 Å². The van der Waals surface area contributed by atoms with E-state index in [9.17, 15) is 4.79 Å². The molecule has 0 aliphatic rings. The summed E-state index contributed by atoms with van der Waals surface area (Å²) in [5.74, 6) is -0.0607. The van der Waals surface area contributed by atoms with Gasteiger partial charge in [0.2, 0.25) is 5.82 Å². The summed E-state index contributed by atoms with van der Waals surface area (Å²) in [7, 11) is 0. The molecule has 0 aliphatic carbocycles. The van der Waals surface area contributed by atoms with Crippen molar-refractivity contribution >= 4 is 16.8 Å². The van der Waals surface area contributed by atoms with Crippen molar-refractivity contribution < 1.29 is 9.32 Å². The molecule has 0 fully saturated rings. The van der Waals surface area contributed by atoms with E-state index in [1.54, 1.807) is 0 Å². The lowest BCUT2D eigenvalue weighted by atomic mass is 10.1. The Labute approximate surface area is 143 Å². The highest BCUT2D eigenvalue weighted by atomic mass is 16.5. The number of fused-ring (bicyclic) bond motifs is 1. The zero-order valence-electron chi connectivity index (χ0n) is 13.6. The second kappa shape index (κ2) is 6.24. The van der Waals surface area contributed by atoms with Gasteiger partial charge in [-0.2, -0.15) is 4.98 Å². The SMILES string of the molecule is CC(NC(=O)c1nc(-c2ccc3cc[nH]c3c2)no1)c1ccccc1. The first-order chi connectivity index (χ1) is 12.2. The number of H-pyrrole nitrogens is 1. The molecule has 2 aromatic carbocycles. The van der Waals surface area contributed by atoms with Crippen LogP contribution in [0.4, 0.5) is 0 Å². The number of carbonyl (C=O) groups is 1. The average Bonchev–Trinajstić information content (AvgIpc) is 3.31. The van der Waals surface area contributed by atoms with Crippen molar-refractivity contribution in [3.63, 3.8) is 0 Å². The number of nitrogens with zero attached hydrogens (tertiary/aromatic N) is 2. The highest BCUT2D eigenvalue weighted by molar-refractivity contribution is 5.90. The minimum absolute atomic E-state index is 0.0515. The fraction of sp³-hybridized carbons (Fsp3) is 0.105. The minimum Gasteiger partial charge on any atom is -0.361 e. The number of aromatic amines is 1. The van der Waals surface area contributed by atoms with Crippen molar-refractivity contribution in [1.82, 2.24) is 20.4 Å². The Hall–Kier alpha value is -3.41. The first-order valence-corrected chi connectivity index (χ1v) is 7.98. The number of hydrogen-bond donors (Lipinski definition) is 2. The lowest BCUT2D eigenvalue weighted by molar-refractivity contribution is 0.0895. The maximum Gasteiger partial charge on any atom is 0.316 e. The molecular weight excluding hydrogens is 316 g/mol. The zero-order valence-corrected chi connectivity index (χ0v) is 13.6. The molecule has 0 spiro atoms. The molecule has 6 nitrogen and oxygen atoms in total. The lowest BCUT2D eigenvalue weighted by Gasteiger charge is -2.12. The first kappa shape index (κ1) is 15.1. The van der Waals surface area contributed by atoms with E-state index in [1.165, 1.54) is 0 Å². The Bertz CT molecular complexity index is 1020. The van der Waals surface area contributed by atoms with Crippen LogP contribution in [0.5, 0.6) is 0 Å².